The standard InChI is InChI=1S/C28H22I3O2S.2C25H16I3O2S.C17H24F2O4.C13H20O5S.C4H8O3/c1-28(2,33-27(32)25-23(29)17-18-24(30)26(25)31)19-13-15-22(16-14-19)34(20-9-5-3-6-10-20)21-11-7-4-8-12-21;2*26-21-15-16-22(27)24(28)23(21)25(29)30-17-11-13-20(14-12-17)31(18-7-3-1-4-8-18)19-9-5-2-6-10-19;1-9(2)13(17(18,19)14(20)21)23-15(22)16-6-10-3-11(7-16)5-12(4-10)8-16;14-12(18-1-2-19(15,16)17)13-6-9-3-10(7-13)5-11(4-9)8-13;1-4(2,7)3(5)6/h3-18H,1-2H3;2*1-16H;9-13H,3-8H2,1-2H3,(H,20,21);9-11H,1-8H2,(H,15,16,17);7H,1-2H3,(H,5,6)/q3*+1;;;/p-3. The molecular formula is C112H103F2I9O18S4. The van der Waals surface area contributed by atoms with Crippen molar-refractivity contribution in [1.82, 2.24) is 0 Å². The highest BCUT2D eigenvalue weighted by atomic mass is 127. The number of carboxylic acid groups (broad SMARTS) is 2. The Balaban J connectivity index is 0.000000151. The van der Waals surface area contributed by atoms with Crippen LogP contribution in [0.3, 0.4) is 0 Å². The summed E-state index contributed by atoms with van der Waals surface area (Å²) < 4.78 is 95.5. The van der Waals surface area contributed by atoms with Gasteiger partial charge >= 0.3 is 35.8 Å². The van der Waals surface area contributed by atoms with Crippen LogP contribution >= 0.6 is 203 Å². The van der Waals surface area contributed by atoms with Crippen molar-refractivity contribution < 1.29 is 94.3 Å². The highest BCUT2D eigenvalue weighted by Gasteiger charge is 2.59. The summed E-state index contributed by atoms with van der Waals surface area (Å²) in [6.07, 6.45) is 9.85. The molecule has 18 nitrogen and oxygen atoms in total. The number of carbonyl (C=O) groups is 7. The van der Waals surface area contributed by atoms with Gasteiger partial charge in [0, 0.05) is 32.1 Å². The van der Waals surface area contributed by atoms with E-state index >= 15 is 0 Å². The molecule has 12 aromatic carbocycles. The van der Waals surface area contributed by atoms with E-state index in [0.29, 0.717) is 83.0 Å². The molecular weight excluding hydrogens is 2940 g/mol. The minimum Gasteiger partial charge on any atom is -0.748 e. The molecule has 1 unspecified atom stereocenters. The van der Waals surface area contributed by atoms with E-state index in [1.54, 1.807) is 0 Å². The number of hydrogen-bond acceptors (Lipinski definition) is 18. The third kappa shape index (κ3) is 30.7. The summed E-state index contributed by atoms with van der Waals surface area (Å²) in [4.78, 5) is 95.3. The first-order valence-corrected chi connectivity index (χ1v) is 61.5. The second-order valence-electron chi connectivity index (χ2n) is 37.7. The van der Waals surface area contributed by atoms with Crippen molar-refractivity contribution in [3.05, 3.63) is 346 Å². The SMILES string of the molecule is CC(C)(O)C(=O)[O-].CC(C)(OC(=O)c1c(I)ccc(I)c1I)c1ccc([S+](c2ccccc2)c2ccccc2)cc1.CC(C)C(OC(=O)C12CC3CC(CC(C3)C1)C2)C(F)(F)C(=O)[O-].O=C(OCCS(=O)(=O)[O-])C12CC3CC(CC(C3)C1)C2.O=C(Oc1ccc([S+](c2ccccc2)c2ccccc2)cc1)c1c(I)ccc(I)c1I.O=C(Oc1ccc([S+](c2ccccc2)c2ccccc2)cc1)c1c(I)ccc(I)c1I. The molecule has 20 rings (SSSR count). The fourth-order valence-electron chi connectivity index (χ4n) is 19.7. The lowest BCUT2D eigenvalue weighted by molar-refractivity contribution is -0.338. The molecule has 0 aromatic heterocycles. The van der Waals surface area contributed by atoms with Gasteiger partial charge in [0.05, 0.1) is 87.6 Å². The van der Waals surface area contributed by atoms with Crippen LogP contribution in [0, 0.1) is 84.4 Å². The van der Waals surface area contributed by atoms with Crippen molar-refractivity contribution in [1.29, 1.82) is 0 Å². The molecule has 145 heavy (non-hydrogen) atoms. The Hall–Kier alpha value is -5.72. The molecule has 8 fully saturated rings. The molecule has 1 N–H and O–H groups in total. The van der Waals surface area contributed by atoms with E-state index in [9.17, 15) is 65.5 Å². The molecule has 33 heteroatoms. The number of hydrogen-bond donors (Lipinski definition) is 1. The number of halogens is 11. The summed E-state index contributed by atoms with van der Waals surface area (Å²) in [5, 5.41) is 28.8. The Morgan fingerprint density at radius 3 is 0.883 bits per heavy atom. The van der Waals surface area contributed by atoms with Crippen LogP contribution in [0.4, 0.5) is 8.78 Å². The molecule has 12 aromatic rings. The van der Waals surface area contributed by atoms with Crippen molar-refractivity contribution in [2.75, 3.05) is 12.4 Å². The Morgan fingerprint density at radius 1 is 0.379 bits per heavy atom. The summed E-state index contributed by atoms with van der Waals surface area (Å²) in [7, 11) is -4.96. The fraction of sp³-hybridized carbons (Fsp3) is 0.295. The maximum absolute atomic E-state index is 13.9. The first-order chi connectivity index (χ1) is 68.8. The lowest BCUT2D eigenvalue weighted by atomic mass is 9.49. The van der Waals surface area contributed by atoms with Gasteiger partial charge in [-0.25, -0.2) is 22.8 Å². The summed E-state index contributed by atoms with van der Waals surface area (Å²) in [6, 6.07) is 99.2. The third-order valence-corrected chi connectivity index (χ3v) is 45.0. The molecule has 8 aliphatic rings. The average Bonchev–Trinajstić information content (AvgIpc) is 0.734. The predicted molar refractivity (Wildman–Crippen MR) is 629 cm³/mol. The van der Waals surface area contributed by atoms with Gasteiger partial charge in [0.2, 0.25) is 0 Å². The summed E-state index contributed by atoms with van der Waals surface area (Å²) in [5.41, 5.74) is -0.680. The quantitative estimate of drug-likeness (QED) is 0.0100. The lowest BCUT2D eigenvalue weighted by Gasteiger charge is -2.55. The van der Waals surface area contributed by atoms with E-state index in [4.69, 9.17) is 28.8 Å². The third-order valence-electron chi connectivity index (χ3n) is 25.8. The van der Waals surface area contributed by atoms with Crippen molar-refractivity contribution in [3.8, 4) is 11.5 Å². The minimum absolute atomic E-state index is 0.210. The maximum Gasteiger partial charge on any atom is 0.345 e. The number of alkyl halides is 2. The van der Waals surface area contributed by atoms with Gasteiger partial charge < -0.3 is 53.1 Å². The predicted octanol–water partition coefficient (Wildman–Crippen LogP) is 26.3. The Bertz CT molecular complexity index is 6280. The molecule has 1 atom stereocenters. The van der Waals surface area contributed by atoms with Gasteiger partial charge in [0.1, 0.15) is 29.7 Å². The summed E-state index contributed by atoms with van der Waals surface area (Å²) in [5.74, 6) is -6.94. The van der Waals surface area contributed by atoms with E-state index in [1.807, 2.05) is 111 Å². The van der Waals surface area contributed by atoms with Gasteiger partial charge in [-0.1, -0.05) is 135 Å². The number of benzene rings is 12. The van der Waals surface area contributed by atoms with Crippen molar-refractivity contribution in [2.45, 2.75) is 186 Å². The van der Waals surface area contributed by atoms with Gasteiger partial charge in [0.25, 0.3) is 0 Å². The number of aliphatic hydroxyl groups is 1. The molecule has 0 radical (unpaired) electrons. The van der Waals surface area contributed by atoms with Crippen LogP contribution in [0.2, 0.25) is 0 Å². The normalized spacial score (nSPS) is 19.0. The molecule has 760 valence electrons. The summed E-state index contributed by atoms with van der Waals surface area (Å²) >= 11 is 19.9. The number of carbonyl (C=O) groups excluding carboxylic acids is 7. The van der Waals surface area contributed by atoms with Crippen LogP contribution < -0.4 is 19.7 Å². The minimum atomic E-state index is -4.30. The molecule has 8 saturated carbocycles. The van der Waals surface area contributed by atoms with Crippen LogP contribution in [0.1, 0.15) is 155 Å². The van der Waals surface area contributed by atoms with Crippen LogP contribution in [0.25, 0.3) is 0 Å². The molecule has 0 heterocycles. The van der Waals surface area contributed by atoms with Crippen LogP contribution in [0.5, 0.6) is 11.5 Å². The monoisotopic (exact) mass is 3040 g/mol. The topological polar surface area (TPSA) is 289 Å². The van der Waals surface area contributed by atoms with Gasteiger partial charge in [-0.3, -0.25) is 9.59 Å². The summed E-state index contributed by atoms with van der Waals surface area (Å²) in [6.45, 7) is 8.75. The Labute approximate surface area is 976 Å². The van der Waals surface area contributed by atoms with Gasteiger partial charge in [-0.15, -0.1) is 0 Å². The van der Waals surface area contributed by atoms with Crippen molar-refractivity contribution >= 4 is 288 Å². The Morgan fingerprint density at radius 2 is 0.628 bits per heavy atom. The van der Waals surface area contributed by atoms with Gasteiger partial charge in [-0.05, 0) is 525 Å². The van der Waals surface area contributed by atoms with E-state index < -0.39 is 68.3 Å². The van der Waals surface area contributed by atoms with Crippen molar-refractivity contribution in [3.63, 3.8) is 0 Å². The molecule has 0 saturated heterocycles. The zero-order valence-corrected chi connectivity index (χ0v) is 102. The second kappa shape index (κ2) is 52.3. The first-order valence-electron chi connectivity index (χ1n) is 46.6. The molecule has 0 spiro atoms. The number of rotatable bonds is 26. The molecule has 8 bridgehead atoms. The van der Waals surface area contributed by atoms with Gasteiger partial charge in [0.15, 0.2) is 50.2 Å². The van der Waals surface area contributed by atoms with E-state index in [2.05, 4.69) is 397 Å². The molecule has 0 aliphatic heterocycles. The number of esters is 5. The maximum atomic E-state index is 13.9. The number of aliphatic carboxylic acids is 2. The highest BCUT2D eigenvalue weighted by molar-refractivity contribution is 14.1. The molecule has 0 amide bonds. The van der Waals surface area contributed by atoms with Crippen LogP contribution in [0.15, 0.2) is 335 Å². The van der Waals surface area contributed by atoms with Crippen LogP contribution in [-0.2, 0) is 81.8 Å². The van der Waals surface area contributed by atoms with E-state index in [0.717, 1.165) is 90.1 Å². The zero-order valence-electron chi connectivity index (χ0n) is 79.4. The van der Waals surface area contributed by atoms with Crippen LogP contribution in [-0.4, -0.2) is 89.8 Å². The molecule has 8 aliphatic carbocycles. The smallest absolute Gasteiger partial charge is 0.345 e. The zero-order chi connectivity index (χ0) is 105. The van der Waals surface area contributed by atoms with E-state index in [1.165, 1.54) is 77.2 Å². The lowest BCUT2D eigenvalue weighted by Crippen LogP contribution is -2.56. The number of carboxylic acids is 2. The first kappa shape index (κ1) is 116. The highest BCUT2D eigenvalue weighted by Crippen LogP contribution is 2.62. The largest absolute Gasteiger partial charge is 0.748 e. The second-order valence-corrected chi connectivity index (χ2v) is 55.5. The average molecular weight is 3050 g/mol. The van der Waals surface area contributed by atoms with E-state index in [-0.39, 0.29) is 68.6 Å². The van der Waals surface area contributed by atoms with Gasteiger partial charge in [-0.2, -0.15) is 8.78 Å². The Kier molecular flexibility index (Phi) is 42.0. The number of ether oxygens (including phenoxy) is 5. The fourth-order valence-corrected chi connectivity index (χ4v) is 33.3. The van der Waals surface area contributed by atoms with Crippen molar-refractivity contribution in [2.24, 2.45) is 52.3 Å².